The fraction of sp³-hybridized carbons (Fsp3) is 0.857. The van der Waals surface area contributed by atoms with Crippen LogP contribution in [0.2, 0.25) is 0 Å². The first-order chi connectivity index (χ1) is 6.49. The van der Waals surface area contributed by atoms with E-state index in [-0.39, 0.29) is 6.54 Å². The molecule has 1 atom stereocenters. The molecule has 0 radical (unpaired) electrons. The summed E-state index contributed by atoms with van der Waals surface area (Å²) in [6, 6.07) is 0. The standard InChI is InChI=1S/C7H15NO6S/c1-8(2,3)5-6(4-7(9)10)14-15(11,12)13/h6H,4-5H2,1-3H3,(H-,9,10,11,12,13)/p+1. The molecule has 0 aromatic carbocycles. The zero-order valence-corrected chi connectivity index (χ0v) is 9.69. The van der Waals surface area contributed by atoms with Crippen molar-refractivity contribution in [3.63, 3.8) is 0 Å². The van der Waals surface area contributed by atoms with Crippen LogP contribution < -0.4 is 0 Å². The summed E-state index contributed by atoms with van der Waals surface area (Å²) in [5, 5.41) is 8.51. The molecule has 0 aliphatic heterocycles. The molecule has 8 heteroatoms. The summed E-state index contributed by atoms with van der Waals surface area (Å²) in [5.41, 5.74) is 0. The van der Waals surface area contributed by atoms with E-state index < -0.39 is 28.9 Å². The average molecular weight is 242 g/mol. The van der Waals surface area contributed by atoms with Gasteiger partial charge >= 0.3 is 16.4 Å². The van der Waals surface area contributed by atoms with Crippen molar-refractivity contribution in [1.29, 1.82) is 0 Å². The number of quaternary nitrogens is 1. The highest BCUT2D eigenvalue weighted by Crippen LogP contribution is 2.07. The van der Waals surface area contributed by atoms with Gasteiger partial charge in [0.15, 0.2) is 0 Å². The summed E-state index contributed by atoms with van der Waals surface area (Å²) < 4.78 is 33.9. The van der Waals surface area contributed by atoms with Gasteiger partial charge in [-0.05, 0) is 0 Å². The summed E-state index contributed by atoms with van der Waals surface area (Å²) in [5.74, 6) is -1.18. The van der Waals surface area contributed by atoms with Crippen molar-refractivity contribution in [2.45, 2.75) is 12.5 Å². The van der Waals surface area contributed by atoms with Crippen LogP contribution in [0.1, 0.15) is 6.42 Å². The number of carbonyl (C=O) groups is 1. The average Bonchev–Trinajstić information content (AvgIpc) is 1.73. The molecule has 0 aromatic rings. The maximum atomic E-state index is 10.4. The number of carboxylic acids is 1. The predicted molar refractivity (Wildman–Crippen MR) is 51.6 cm³/mol. The third-order valence-corrected chi connectivity index (χ3v) is 1.93. The Bertz CT molecular complexity index is 317. The molecule has 0 saturated heterocycles. The number of hydrogen-bond donors (Lipinski definition) is 2. The van der Waals surface area contributed by atoms with Crippen LogP contribution >= 0.6 is 0 Å². The fourth-order valence-corrected chi connectivity index (χ4v) is 1.58. The lowest BCUT2D eigenvalue weighted by Crippen LogP contribution is -2.43. The van der Waals surface area contributed by atoms with E-state index in [4.69, 9.17) is 9.66 Å². The molecular formula is C7H16NO6S+. The number of nitrogens with zero attached hydrogens (tertiary/aromatic N) is 1. The Morgan fingerprint density at radius 1 is 1.40 bits per heavy atom. The molecule has 2 N–H and O–H groups in total. The summed E-state index contributed by atoms with van der Waals surface area (Å²) >= 11 is 0. The molecule has 0 amide bonds. The van der Waals surface area contributed by atoms with Crippen LogP contribution in [0, 0.1) is 0 Å². The van der Waals surface area contributed by atoms with Crippen molar-refractivity contribution in [1.82, 2.24) is 0 Å². The number of rotatable bonds is 6. The number of likely N-dealkylation sites (N-methyl/N-ethyl adjacent to an activating group) is 1. The van der Waals surface area contributed by atoms with Gasteiger partial charge < -0.3 is 9.59 Å². The molecule has 0 spiro atoms. The van der Waals surface area contributed by atoms with E-state index in [1.807, 2.05) is 0 Å². The van der Waals surface area contributed by atoms with E-state index in [0.29, 0.717) is 4.48 Å². The van der Waals surface area contributed by atoms with E-state index >= 15 is 0 Å². The molecule has 0 aliphatic rings. The summed E-state index contributed by atoms with van der Waals surface area (Å²) in [7, 11) is 0.642. The van der Waals surface area contributed by atoms with Crippen LogP contribution in [0.25, 0.3) is 0 Å². The third kappa shape index (κ3) is 9.60. The maximum Gasteiger partial charge on any atom is 0.397 e. The van der Waals surface area contributed by atoms with Gasteiger partial charge in [0.05, 0.1) is 27.6 Å². The second-order valence-electron chi connectivity index (χ2n) is 4.22. The van der Waals surface area contributed by atoms with Gasteiger partial charge in [0.2, 0.25) is 0 Å². The Morgan fingerprint density at radius 2 is 1.87 bits per heavy atom. The topological polar surface area (TPSA) is 101 Å². The highest BCUT2D eigenvalue weighted by Gasteiger charge is 2.26. The van der Waals surface area contributed by atoms with Crippen LogP contribution in [0.3, 0.4) is 0 Å². The van der Waals surface area contributed by atoms with E-state index in [1.165, 1.54) is 0 Å². The normalized spacial score (nSPS) is 14.9. The molecule has 7 nitrogen and oxygen atoms in total. The minimum absolute atomic E-state index is 0.159. The molecule has 0 aliphatic carbocycles. The van der Waals surface area contributed by atoms with Gasteiger partial charge in [-0.15, -0.1) is 0 Å². The summed E-state index contributed by atoms with van der Waals surface area (Å²) in [6.07, 6.45) is -1.55. The molecule has 1 unspecified atom stereocenters. The van der Waals surface area contributed by atoms with Crippen molar-refractivity contribution in [3.8, 4) is 0 Å². The van der Waals surface area contributed by atoms with Gasteiger partial charge in [0.25, 0.3) is 0 Å². The lowest BCUT2D eigenvalue weighted by molar-refractivity contribution is -0.873. The quantitative estimate of drug-likeness (QED) is 0.474. The highest BCUT2D eigenvalue weighted by molar-refractivity contribution is 7.80. The Balaban J connectivity index is 4.53. The van der Waals surface area contributed by atoms with Crippen LogP contribution in [0.15, 0.2) is 0 Å². The van der Waals surface area contributed by atoms with E-state index in [0.717, 1.165) is 0 Å². The monoisotopic (exact) mass is 242 g/mol. The minimum Gasteiger partial charge on any atom is -0.481 e. The Kier molecular flexibility index (Phi) is 4.65. The third-order valence-electron chi connectivity index (χ3n) is 1.41. The van der Waals surface area contributed by atoms with Crippen LogP contribution in [-0.2, 0) is 19.4 Å². The SMILES string of the molecule is C[N+](C)(C)CC(CC(=O)O)OS(=O)(=O)O. The highest BCUT2D eigenvalue weighted by atomic mass is 32.3. The molecule has 0 aromatic heterocycles. The molecule has 0 saturated carbocycles. The van der Waals surface area contributed by atoms with Crippen LogP contribution in [-0.4, -0.2) is 62.3 Å². The molecule has 0 fully saturated rings. The molecule has 0 bridgehead atoms. The minimum atomic E-state index is -4.61. The van der Waals surface area contributed by atoms with E-state index in [1.54, 1.807) is 21.1 Å². The lowest BCUT2D eigenvalue weighted by Gasteiger charge is -2.27. The zero-order chi connectivity index (χ0) is 12.3. The first kappa shape index (κ1) is 14.3. The molecule has 90 valence electrons. The number of aliphatic carboxylic acids is 1. The van der Waals surface area contributed by atoms with Gasteiger partial charge in [0, 0.05) is 0 Å². The zero-order valence-electron chi connectivity index (χ0n) is 8.87. The number of carboxylic acid groups (broad SMARTS) is 1. The van der Waals surface area contributed by atoms with Crippen molar-refractivity contribution < 1.29 is 31.5 Å². The van der Waals surface area contributed by atoms with Crippen molar-refractivity contribution in [2.24, 2.45) is 0 Å². The van der Waals surface area contributed by atoms with Gasteiger partial charge in [0.1, 0.15) is 12.6 Å². The Morgan fingerprint density at radius 3 is 2.13 bits per heavy atom. The van der Waals surface area contributed by atoms with Gasteiger partial charge in [-0.2, -0.15) is 8.42 Å². The second kappa shape index (κ2) is 4.88. The summed E-state index contributed by atoms with van der Waals surface area (Å²) in [4.78, 5) is 10.4. The fourth-order valence-electron chi connectivity index (χ4n) is 1.11. The van der Waals surface area contributed by atoms with E-state index in [2.05, 4.69) is 4.18 Å². The molecule has 0 rings (SSSR count). The first-order valence-corrected chi connectivity index (χ1v) is 5.54. The predicted octanol–water partition coefficient (Wildman–Crippen LogP) is -0.645. The smallest absolute Gasteiger partial charge is 0.397 e. The summed E-state index contributed by atoms with van der Waals surface area (Å²) in [6.45, 7) is 0.159. The second-order valence-corrected chi connectivity index (χ2v) is 5.26. The first-order valence-electron chi connectivity index (χ1n) is 4.17. The maximum absolute atomic E-state index is 10.4. The van der Waals surface area contributed by atoms with Gasteiger partial charge in [-0.1, -0.05) is 0 Å². The van der Waals surface area contributed by atoms with Crippen LogP contribution in [0.4, 0.5) is 0 Å². The van der Waals surface area contributed by atoms with Crippen LogP contribution in [0.5, 0.6) is 0 Å². The Hall–Kier alpha value is -0.700. The molecule has 0 heterocycles. The largest absolute Gasteiger partial charge is 0.481 e. The number of hydrogen-bond acceptors (Lipinski definition) is 4. The van der Waals surface area contributed by atoms with Crippen molar-refractivity contribution >= 4 is 16.4 Å². The van der Waals surface area contributed by atoms with Crippen molar-refractivity contribution in [3.05, 3.63) is 0 Å². The molecular weight excluding hydrogens is 226 g/mol. The van der Waals surface area contributed by atoms with Gasteiger partial charge in [-0.25, -0.2) is 4.18 Å². The van der Waals surface area contributed by atoms with Gasteiger partial charge in [-0.3, -0.25) is 9.35 Å². The van der Waals surface area contributed by atoms with E-state index in [9.17, 15) is 13.2 Å². The Labute approximate surface area is 88.8 Å². The van der Waals surface area contributed by atoms with Crippen molar-refractivity contribution in [2.75, 3.05) is 27.7 Å². The molecule has 15 heavy (non-hydrogen) atoms. The lowest BCUT2D eigenvalue weighted by atomic mass is 10.2.